The molecule has 19 heavy (non-hydrogen) atoms. The SMILES string of the molecule is CC1(C)CC1C(=O)Nc1ccc(OCC(=O)O)cc1. The van der Waals surface area contributed by atoms with Crippen molar-refractivity contribution in [2.75, 3.05) is 11.9 Å². The van der Waals surface area contributed by atoms with Crippen LogP contribution in [0.1, 0.15) is 20.3 Å². The smallest absolute Gasteiger partial charge is 0.341 e. The highest BCUT2D eigenvalue weighted by Gasteiger charge is 2.50. The molecule has 0 radical (unpaired) electrons. The van der Waals surface area contributed by atoms with Gasteiger partial charge in [-0.3, -0.25) is 4.79 Å². The van der Waals surface area contributed by atoms with Gasteiger partial charge in [-0.25, -0.2) is 4.79 Å². The van der Waals surface area contributed by atoms with Gasteiger partial charge >= 0.3 is 5.97 Å². The topological polar surface area (TPSA) is 75.6 Å². The summed E-state index contributed by atoms with van der Waals surface area (Å²) in [5.41, 5.74) is 0.796. The average molecular weight is 263 g/mol. The van der Waals surface area contributed by atoms with E-state index >= 15 is 0 Å². The highest BCUT2D eigenvalue weighted by molar-refractivity contribution is 5.95. The summed E-state index contributed by atoms with van der Waals surface area (Å²) in [6.07, 6.45) is 0.915. The lowest BCUT2D eigenvalue weighted by Gasteiger charge is -2.08. The number of benzene rings is 1. The molecule has 0 bridgehead atoms. The van der Waals surface area contributed by atoms with Gasteiger partial charge in [-0.15, -0.1) is 0 Å². The van der Waals surface area contributed by atoms with E-state index in [4.69, 9.17) is 9.84 Å². The molecule has 1 saturated carbocycles. The van der Waals surface area contributed by atoms with E-state index < -0.39 is 5.97 Å². The van der Waals surface area contributed by atoms with E-state index in [-0.39, 0.29) is 23.8 Å². The van der Waals surface area contributed by atoms with E-state index in [0.29, 0.717) is 11.4 Å². The van der Waals surface area contributed by atoms with Gasteiger partial charge in [-0.2, -0.15) is 0 Å². The number of ether oxygens (including phenoxy) is 1. The first-order valence-corrected chi connectivity index (χ1v) is 6.14. The molecular formula is C14H17NO4. The van der Waals surface area contributed by atoms with Crippen LogP contribution in [0.3, 0.4) is 0 Å². The lowest BCUT2D eigenvalue weighted by molar-refractivity contribution is -0.139. The number of hydrogen-bond acceptors (Lipinski definition) is 3. The summed E-state index contributed by atoms with van der Waals surface area (Å²) >= 11 is 0. The van der Waals surface area contributed by atoms with Crippen molar-refractivity contribution in [3.8, 4) is 5.75 Å². The molecule has 0 aromatic heterocycles. The van der Waals surface area contributed by atoms with E-state index in [9.17, 15) is 9.59 Å². The van der Waals surface area contributed by atoms with Gasteiger partial charge < -0.3 is 15.2 Å². The maximum Gasteiger partial charge on any atom is 0.341 e. The number of anilines is 1. The number of hydrogen-bond donors (Lipinski definition) is 2. The Kier molecular flexibility index (Phi) is 3.46. The fourth-order valence-electron chi connectivity index (χ4n) is 1.92. The Labute approximate surface area is 111 Å². The predicted octanol–water partition coefficient (Wildman–Crippen LogP) is 2.13. The first kappa shape index (κ1) is 13.4. The van der Waals surface area contributed by atoms with Gasteiger partial charge in [-0.05, 0) is 36.1 Å². The molecule has 0 aliphatic heterocycles. The van der Waals surface area contributed by atoms with E-state index in [1.807, 2.05) is 0 Å². The second-order valence-corrected chi connectivity index (χ2v) is 5.44. The second kappa shape index (κ2) is 4.91. The summed E-state index contributed by atoms with van der Waals surface area (Å²) in [5, 5.41) is 11.3. The van der Waals surface area contributed by atoms with E-state index in [2.05, 4.69) is 19.2 Å². The zero-order chi connectivity index (χ0) is 14.0. The molecule has 5 nitrogen and oxygen atoms in total. The lowest BCUT2D eigenvalue weighted by atomic mass is 10.1. The van der Waals surface area contributed by atoms with Crippen LogP contribution in [-0.2, 0) is 9.59 Å². The number of carboxylic acid groups (broad SMARTS) is 1. The molecule has 1 fully saturated rings. The minimum atomic E-state index is -1.02. The Morgan fingerprint density at radius 1 is 1.37 bits per heavy atom. The number of rotatable bonds is 5. The standard InChI is InChI=1S/C14H17NO4/c1-14(2)7-11(14)13(18)15-9-3-5-10(6-4-9)19-8-12(16)17/h3-6,11H,7-8H2,1-2H3,(H,15,18)(H,16,17). The first-order chi connectivity index (χ1) is 8.88. The Bertz CT molecular complexity index is 493. The zero-order valence-electron chi connectivity index (χ0n) is 11.0. The van der Waals surface area contributed by atoms with Gasteiger partial charge in [0.05, 0.1) is 0 Å². The van der Waals surface area contributed by atoms with Gasteiger partial charge in [0.25, 0.3) is 0 Å². The normalized spacial score (nSPS) is 19.6. The molecule has 5 heteroatoms. The van der Waals surface area contributed by atoms with Crippen molar-refractivity contribution in [2.45, 2.75) is 20.3 Å². The molecule has 1 amide bonds. The Morgan fingerprint density at radius 3 is 2.42 bits per heavy atom. The van der Waals surface area contributed by atoms with Crippen LogP contribution in [0.15, 0.2) is 24.3 Å². The minimum Gasteiger partial charge on any atom is -0.482 e. The third-order valence-corrected chi connectivity index (χ3v) is 3.31. The number of carbonyl (C=O) groups excluding carboxylic acids is 1. The molecule has 0 spiro atoms. The van der Waals surface area contributed by atoms with Crippen LogP contribution < -0.4 is 10.1 Å². The Hall–Kier alpha value is -2.04. The molecule has 1 unspecified atom stereocenters. The number of amides is 1. The molecule has 1 aliphatic carbocycles. The van der Waals surface area contributed by atoms with Crippen LogP contribution in [0.25, 0.3) is 0 Å². The quantitative estimate of drug-likeness (QED) is 0.853. The fraction of sp³-hybridized carbons (Fsp3) is 0.429. The zero-order valence-corrected chi connectivity index (χ0v) is 11.0. The third kappa shape index (κ3) is 3.47. The van der Waals surface area contributed by atoms with E-state index in [0.717, 1.165) is 6.42 Å². The predicted molar refractivity (Wildman–Crippen MR) is 70.1 cm³/mol. The van der Waals surface area contributed by atoms with Crippen molar-refractivity contribution in [3.63, 3.8) is 0 Å². The molecule has 102 valence electrons. The first-order valence-electron chi connectivity index (χ1n) is 6.14. The largest absolute Gasteiger partial charge is 0.482 e. The molecule has 1 aromatic carbocycles. The molecule has 2 rings (SSSR count). The van der Waals surface area contributed by atoms with Gasteiger partial charge in [-0.1, -0.05) is 13.8 Å². The summed E-state index contributed by atoms with van der Waals surface area (Å²) < 4.78 is 5.01. The number of carboxylic acids is 1. The van der Waals surface area contributed by atoms with Crippen LogP contribution >= 0.6 is 0 Å². The van der Waals surface area contributed by atoms with Crippen molar-refractivity contribution in [2.24, 2.45) is 11.3 Å². The highest BCUT2D eigenvalue weighted by Crippen LogP contribution is 2.51. The molecular weight excluding hydrogens is 246 g/mol. The average Bonchev–Trinajstić information content (AvgIpc) is 2.98. The minimum absolute atomic E-state index is 0.0317. The van der Waals surface area contributed by atoms with Crippen molar-refractivity contribution in [1.82, 2.24) is 0 Å². The van der Waals surface area contributed by atoms with Crippen LogP contribution in [0.2, 0.25) is 0 Å². The third-order valence-electron chi connectivity index (χ3n) is 3.31. The molecule has 1 aromatic rings. The van der Waals surface area contributed by atoms with Crippen molar-refractivity contribution < 1.29 is 19.4 Å². The van der Waals surface area contributed by atoms with Crippen molar-refractivity contribution >= 4 is 17.6 Å². The van der Waals surface area contributed by atoms with Crippen LogP contribution in [-0.4, -0.2) is 23.6 Å². The summed E-state index contributed by atoms with van der Waals surface area (Å²) in [5.74, 6) is -0.444. The van der Waals surface area contributed by atoms with Crippen LogP contribution in [0.5, 0.6) is 5.75 Å². The number of carbonyl (C=O) groups is 2. The summed E-state index contributed by atoms with van der Waals surface area (Å²) in [4.78, 5) is 22.2. The van der Waals surface area contributed by atoms with Crippen LogP contribution in [0, 0.1) is 11.3 Å². The van der Waals surface area contributed by atoms with E-state index in [1.54, 1.807) is 24.3 Å². The van der Waals surface area contributed by atoms with Gasteiger partial charge in [0.2, 0.25) is 5.91 Å². The van der Waals surface area contributed by atoms with Gasteiger partial charge in [0.15, 0.2) is 6.61 Å². The Morgan fingerprint density at radius 2 is 1.95 bits per heavy atom. The van der Waals surface area contributed by atoms with Crippen LogP contribution in [0.4, 0.5) is 5.69 Å². The fourth-order valence-corrected chi connectivity index (χ4v) is 1.92. The molecule has 1 atom stereocenters. The second-order valence-electron chi connectivity index (χ2n) is 5.44. The van der Waals surface area contributed by atoms with E-state index in [1.165, 1.54) is 0 Å². The molecule has 0 heterocycles. The van der Waals surface area contributed by atoms with Crippen molar-refractivity contribution in [3.05, 3.63) is 24.3 Å². The summed E-state index contributed by atoms with van der Waals surface area (Å²) in [6.45, 7) is 3.77. The van der Waals surface area contributed by atoms with Gasteiger partial charge in [0.1, 0.15) is 5.75 Å². The van der Waals surface area contributed by atoms with Crippen molar-refractivity contribution in [1.29, 1.82) is 0 Å². The Balaban J connectivity index is 1.88. The summed E-state index contributed by atoms with van der Waals surface area (Å²) in [7, 11) is 0. The lowest BCUT2D eigenvalue weighted by Crippen LogP contribution is -2.16. The highest BCUT2D eigenvalue weighted by atomic mass is 16.5. The maximum atomic E-state index is 11.9. The van der Waals surface area contributed by atoms with Gasteiger partial charge in [0, 0.05) is 11.6 Å². The monoisotopic (exact) mass is 263 g/mol. The number of nitrogens with one attached hydrogen (secondary N) is 1. The number of aliphatic carboxylic acids is 1. The molecule has 2 N–H and O–H groups in total. The summed E-state index contributed by atoms with van der Waals surface area (Å²) in [6, 6.07) is 6.67. The maximum absolute atomic E-state index is 11.9. The molecule has 0 saturated heterocycles. The molecule has 1 aliphatic rings.